The van der Waals surface area contributed by atoms with E-state index in [1.807, 2.05) is 0 Å². The number of likely N-dealkylation sites (N-methyl/N-ethyl adjacent to an activating group) is 1. The van der Waals surface area contributed by atoms with Crippen molar-refractivity contribution in [2.75, 3.05) is 20.7 Å². The quantitative estimate of drug-likeness (QED) is 0.485. The third-order valence-corrected chi connectivity index (χ3v) is 2.39. The van der Waals surface area contributed by atoms with Gasteiger partial charge in [0, 0.05) is 13.6 Å². The van der Waals surface area contributed by atoms with Gasteiger partial charge in [-0.2, -0.15) is 0 Å². The van der Waals surface area contributed by atoms with E-state index < -0.39 is 0 Å². The molecule has 2 unspecified atom stereocenters. The molecule has 1 aliphatic rings. The van der Waals surface area contributed by atoms with Crippen molar-refractivity contribution < 1.29 is 14.3 Å². The van der Waals surface area contributed by atoms with Gasteiger partial charge in [-0.05, 0) is 6.42 Å². The lowest BCUT2D eigenvalue weighted by Crippen LogP contribution is -2.29. The molecule has 0 aromatic heterocycles. The van der Waals surface area contributed by atoms with E-state index in [0.717, 1.165) is 0 Å². The minimum absolute atomic E-state index is 0.000278. The smallest absolute Gasteiger partial charge is 0.309 e. The van der Waals surface area contributed by atoms with Crippen LogP contribution >= 0.6 is 0 Å². The Hall–Kier alpha value is -1.32. The molecule has 2 atom stereocenters. The second-order valence-corrected chi connectivity index (χ2v) is 3.48. The van der Waals surface area contributed by atoms with Crippen LogP contribution in [0, 0.1) is 11.8 Å². The first-order valence-corrected chi connectivity index (χ1v) is 4.55. The molecule has 1 rings (SSSR count). The number of hydrogen-bond acceptors (Lipinski definition) is 3. The number of hydrogen-bond donors (Lipinski definition) is 0. The number of carbonyl (C=O) groups is 2. The summed E-state index contributed by atoms with van der Waals surface area (Å²) >= 11 is 0. The Morgan fingerprint density at radius 2 is 2.21 bits per heavy atom. The molecule has 1 amide bonds. The molecular formula is C10H15NO3. The number of ether oxygens (including phenoxy) is 1. The number of carbonyl (C=O) groups excluding carboxylic acids is 2. The van der Waals surface area contributed by atoms with Crippen LogP contribution in [0.25, 0.3) is 0 Å². The fourth-order valence-electron chi connectivity index (χ4n) is 1.45. The molecule has 4 heteroatoms. The average Bonchev–Trinajstić information content (AvgIpc) is 2.95. The van der Waals surface area contributed by atoms with Gasteiger partial charge in [-0.25, -0.2) is 0 Å². The Bertz CT molecular complexity index is 262. The zero-order valence-electron chi connectivity index (χ0n) is 8.53. The van der Waals surface area contributed by atoms with E-state index in [1.54, 1.807) is 18.0 Å². The summed E-state index contributed by atoms with van der Waals surface area (Å²) in [5.74, 6) is -0.678. The first-order valence-electron chi connectivity index (χ1n) is 4.55. The molecule has 0 bridgehead atoms. The van der Waals surface area contributed by atoms with Crippen LogP contribution in [0.2, 0.25) is 0 Å². The van der Waals surface area contributed by atoms with Crippen LogP contribution in [0.1, 0.15) is 6.42 Å². The Balaban J connectivity index is 2.42. The van der Waals surface area contributed by atoms with Crippen molar-refractivity contribution in [1.82, 2.24) is 4.90 Å². The van der Waals surface area contributed by atoms with Crippen molar-refractivity contribution in [3.63, 3.8) is 0 Å². The highest BCUT2D eigenvalue weighted by atomic mass is 16.5. The molecule has 0 saturated heterocycles. The van der Waals surface area contributed by atoms with Gasteiger partial charge in [0.05, 0.1) is 18.9 Å². The molecule has 1 aliphatic carbocycles. The lowest BCUT2D eigenvalue weighted by molar-refractivity contribution is -0.144. The maximum atomic E-state index is 11.6. The molecule has 1 saturated carbocycles. The maximum absolute atomic E-state index is 11.6. The van der Waals surface area contributed by atoms with Crippen molar-refractivity contribution in [2.45, 2.75) is 6.42 Å². The SMILES string of the molecule is C=CCN(C)C(=O)C1CC1C(=O)OC. The van der Waals surface area contributed by atoms with Crippen LogP contribution in [0.4, 0.5) is 0 Å². The van der Waals surface area contributed by atoms with Gasteiger partial charge < -0.3 is 9.64 Å². The first kappa shape index (κ1) is 10.8. The fraction of sp³-hybridized carbons (Fsp3) is 0.600. The predicted octanol–water partition coefficient (Wildman–Crippen LogP) is 0.440. The lowest BCUT2D eigenvalue weighted by Gasteiger charge is -2.14. The Morgan fingerprint density at radius 1 is 1.57 bits per heavy atom. The Morgan fingerprint density at radius 3 is 2.71 bits per heavy atom. The minimum atomic E-state index is -0.282. The summed E-state index contributed by atoms with van der Waals surface area (Å²) in [5.41, 5.74) is 0. The van der Waals surface area contributed by atoms with Crippen molar-refractivity contribution in [2.24, 2.45) is 11.8 Å². The second kappa shape index (κ2) is 4.26. The van der Waals surface area contributed by atoms with Gasteiger partial charge in [0.25, 0.3) is 0 Å². The van der Waals surface area contributed by atoms with E-state index in [9.17, 15) is 9.59 Å². The number of amides is 1. The third-order valence-electron chi connectivity index (χ3n) is 2.39. The highest BCUT2D eigenvalue weighted by Gasteiger charge is 2.49. The number of esters is 1. The topological polar surface area (TPSA) is 46.6 Å². The van der Waals surface area contributed by atoms with Gasteiger partial charge >= 0.3 is 5.97 Å². The largest absolute Gasteiger partial charge is 0.469 e. The first-order chi connectivity index (χ1) is 6.61. The molecule has 0 aromatic rings. The van der Waals surface area contributed by atoms with Crippen LogP contribution < -0.4 is 0 Å². The standard InChI is InChI=1S/C10H15NO3/c1-4-5-11(2)9(12)7-6-8(7)10(13)14-3/h4,7-8H,1,5-6H2,2-3H3. The molecule has 4 nitrogen and oxygen atoms in total. The summed E-state index contributed by atoms with van der Waals surface area (Å²) in [6.07, 6.45) is 2.28. The zero-order chi connectivity index (χ0) is 10.7. The van der Waals surface area contributed by atoms with Crippen molar-refractivity contribution in [3.8, 4) is 0 Å². The van der Waals surface area contributed by atoms with Crippen LogP contribution in [0.5, 0.6) is 0 Å². The van der Waals surface area contributed by atoms with E-state index in [0.29, 0.717) is 13.0 Å². The summed E-state index contributed by atoms with van der Waals surface area (Å²) < 4.78 is 4.56. The molecule has 78 valence electrons. The van der Waals surface area contributed by atoms with Gasteiger partial charge in [0.2, 0.25) is 5.91 Å². The molecule has 1 fully saturated rings. The summed E-state index contributed by atoms with van der Waals surface area (Å²) in [7, 11) is 3.05. The fourth-order valence-corrected chi connectivity index (χ4v) is 1.45. The zero-order valence-corrected chi connectivity index (χ0v) is 8.53. The number of rotatable bonds is 4. The van der Waals surface area contributed by atoms with Crippen molar-refractivity contribution in [3.05, 3.63) is 12.7 Å². The highest BCUT2D eigenvalue weighted by Crippen LogP contribution is 2.40. The van der Waals surface area contributed by atoms with Gasteiger partial charge in [-0.3, -0.25) is 9.59 Å². The monoisotopic (exact) mass is 197 g/mol. The average molecular weight is 197 g/mol. The van der Waals surface area contributed by atoms with Gasteiger partial charge in [-0.15, -0.1) is 6.58 Å². The summed E-state index contributed by atoms with van der Waals surface area (Å²) in [6, 6.07) is 0. The normalized spacial score (nSPS) is 23.9. The van der Waals surface area contributed by atoms with Gasteiger partial charge in [0.15, 0.2) is 0 Å². The van der Waals surface area contributed by atoms with E-state index in [2.05, 4.69) is 11.3 Å². The molecule has 0 radical (unpaired) electrons. The maximum Gasteiger partial charge on any atom is 0.309 e. The lowest BCUT2D eigenvalue weighted by atomic mass is 10.3. The van der Waals surface area contributed by atoms with E-state index >= 15 is 0 Å². The Kier molecular flexibility index (Phi) is 3.28. The summed E-state index contributed by atoms with van der Waals surface area (Å²) in [4.78, 5) is 24.2. The van der Waals surface area contributed by atoms with Crippen LogP contribution in [0.3, 0.4) is 0 Å². The van der Waals surface area contributed by atoms with Crippen LogP contribution in [0.15, 0.2) is 12.7 Å². The van der Waals surface area contributed by atoms with E-state index in [-0.39, 0.29) is 23.7 Å². The molecule has 0 aliphatic heterocycles. The molecular weight excluding hydrogens is 182 g/mol. The van der Waals surface area contributed by atoms with Gasteiger partial charge in [-0.1, -0.05) is 6.08 Å². The van der Waals surface area contributed by atoms with Crippen LogP contribution in [-0.4, -0.2) is 37.5 Å². The predicted molar refractivity (Wildman–Crippen MR) is 51.4 cm³/mol. The number of methoxy groups -OCH3 is 1. The van der Waals surface area contributed by atoms with E-state index in [1.165, 1.54) is 7.11 Å². The summed E-state index contributed by atoms with van der Waals surface area (Å²) in [6.45, 7) is 4.06. The number of nitrogens with zero attached hydrogens (tertiary/aromatic N) is 1. The molecule has 0 aromatic carbocycles. The van der Waals surface area contributed by atoms with Crippen molar-refractivity contribution in [1.29, 1.82) is 0 Å². The summed E-state index contributed by atoms with van der Waals surface area (Å²) in [5, 5.41) is 0. The minimum Gasteiger partial charge on any atom is -0.469 e. The second-order valence-electron chi connectivity index (χ2n) is 3.48. The molecule has 14 heavy (non-hydrogen) atoms. The van der Waals surface area contributed by atoms with Crippen molar-refractivity contribution >= 4 is 11.9 Å². The molecule has 0 heterocycles. The Labute approximate surface area is 83.5 Å². The molecule has 0 N–H and O–H groups in total. The highest BCUT2D eigenvalue weighted by molar-refractivity contribution is 5.90. The van der Waals surface area contributed by atoms with Gasteiger partial charge in [0.1, 0.15) is 0 Å². The van der Waals surface area contributed by atoms with E-state index in [4.69, 9.17) is 0 Å². The third kappa shape index (κ3) is 2.13. The molecule has 0 spiro atoms. The van der Waals surface area contributed by atoms with Crippen LogP contribution in [-0.2, 0) is 14.3 Å².